The van der Waals surface area contributed by atoms with E-state index in [2.05, 4.69) is 4.72 Å². The molecule has 1 fully saturated rings. The summed E-state index contributed by atoms with van der Waals surface area (Å²) in [5.74, 6) is -0.478. The van der Waals surface area contributed by atoms with E-state index in [9.17, 15) is 13.2 Å². The van der Waals surface area contributed by atoms with Crippen LogP contribution < -0.4 is 4.72 Å². The van der Waals surface area contributed by atoms with Crippen LogP contribution in [0.5, 0.6) is 0 Å². The van der Waals surface area contributed by atoms with Crippen molar-refractivity contribution >= 4 is 27.9 Å². The molecule has 0 aromatic heterocycles. The zero-order valence-corrected chi connectivity index (χ0v) is 12.8. The van der Waals surface area contributed by atoms with Crippen molar-refractivity contribution in [3.05, 3.63) is 0 Å². The van der Waals surface area contributed by atoms with E-state index in [0.29, 0.717) is 25.9 Å². The molecule has 1 unspecified atom stereocenters. The van der Waals surface area contributed by atoms with Crippen molar-refractivity contribution in [1.82, 2.24) is 9.03 Å². The fourth-order valence-corrected chi connectivity index (χ4v) is 3.85. The monoisotopic (exact) mass is 310 g/mol. The maximum atomic E-state index is 12.0. The summed E-state index contributed by atoms with van der Waals surface area (Å²) in [4.78, 5) is 10.9. The van der Waals surface area contributed by atoms with Crippen LogP contribution >= 0.6 is 11.8 Å². The minimum atomic E-state index is -3.52. The normalized spacial score (nSPS) is 21.4. The molecule has 1 aliphatic rings. The number of carboxylic acids is 1. The summed E-state index contributed by atoms with van der Waals surface area (Å²) in [6.07, 6.45) is 4.95. The first-order valence-corrected chi connectivity index (χ1v) is 9.27. The minimum Gasteiger partial charge on any atom is -0.481 e. The van der Waals surface area contributed by atoms with Crippen LogP contribution in [-0.2, 0) is 15.0 Å². The number of hydrogen-bond acceptors (Lipinski definition) is 4. The number of carbonyl (C=O) groups is 1. The highest BCUT2D eigenvalue weighted by Gasteiger charge is 2.31. The third-order valence-electron chi connectivity index (χ3n) is 3.13. The molecule has 6 nitrogen and oxygen atoms in total. The van der Waals surface area contributed by atoms with Crippen molar-refractivity contribution in [2.75, 3.05) is 31.6 Å². The lowest BCUT2D eigenvalue weighted by atomic mass is 10.0. The number of piperidine rings is 1. The Balaban J connectivity index is 2.41. The van der Waals surface area contributed by atoms with Crippen LogP contribution in [0.2, 0.25) is 0 Å². The van der Waals surface area contributed by atoms with E-state index < -0.39 is 22.1 Å². The number of aliphatic carboxylic acids is 1. The molecule has 1 heterocycles. The third-order valence-corrected chi connectivity index (χ3v) is 5.41. The lowest BCUT2D eigenvalue weighted by molar-refractivity contribution is -0.142. The molecule has 0 aromatic rings. The minimum absolute atomic E-state index is 0.0788. The molecule has 0 spiro atoms. The molecular formula is C11H22N2O4S2. The number of rotatable bonds is 8. The zero-order chi connectivity index (χ0) is 14.3. The highest BCUT2D eigenvalue weighted by atomic mass is 32.2. The zero-order valence-electron chi connectivity index (χ0n) is 11.2. The predicted octanol–water partition coefficient (Wildman–Crippen LogP) is 0.761. The second-order valence-electron chi connectivity index (χ2n) is 4.63. The molecule has 0 aromatic carbocycles. The molecule has 0 radical (unpaired) electrons. The highest BCUT2D eigenvalue weighted by molar-refractivity contribution is 7.98. The van der Waals surface area contributed by atoms with Gasteiger partial charge in [-0.15, -0.1) is 0 Å². The van der Waals surface area contributed by atoms with Gasteiger partial charge in [-0.1, -0.05) is 0 Å². The van der Waals surface area contributed by atoms with Crippen LogP contribution in [0.1, 0.15) is 25.7 Å². The lowest BCUT2D eigenvalue weighted by Gasteiger charge is -2.29. The van der Waals surface area contributed by atoms with Crippen LogP contribution in [0.3, 0.4) is 0 Å². The molecule has 0 bridgehead atoms. The standard InChI is InChI=1S/C11H22N2O4S2/c1-18-8-3-2-6-12-19(16,17)13-7-4-5-10(9-13)11(14)15/h10,12H,2-9H2,1H3,(H,14,15). The number of unbranched alkanes of at least 4 members (excludes halogenated alkanes) is 1. The Morgan fingerprint density at radius 1 is 1.47 bits per heavy atom. The summed E-state index contributed by atoms with van der Waals surface area (Å²) in [6.45, 7) is 0.899. The van der Waals surface area contributed by atoms with Gasteiger partial charge in [-0.2, -0.15) is 24.5 Å². The average Bonchev–Trinajstić information content (AvgIpc) is 2.38. The predicted molar refractivity (Wildman–Crippen MR) is 76.5 cm³/mol. The SMILES string of the molecule is CSCCCCNS(=O)(=O)N1CCCC(C(=O)O)C1. The number of nitrogens with one attached hydrogen (secondary N) is 1. The summed E-state index contributed by atoms with van der Waals surface area (Å²) in [5.41, 5.74) is 0. The van der Waals surface area contributed by atoms with E-state index in [1.54, 1.807) is 11.8 Å². The van der Waals surface area contributed by atoms with Gasteiger partial charge in [-0.25, -0.2) is 4.72 Å². The van der Waals surface area contributed by atoms with Crippen molar-refractivity contribution in [2.24, 2.45) is 5.92 Å². The first-order valence-electron chi connectivity index (χ1n) is 6.44. The van der Waals surface area contributed by atoms with Gasteiger partial charge < -0.3 is 5.11 Å². The molecule has 0 saturated carbocycles. The summed E-state index contributed by atoms with van der Waals surface area (Å²) >= 11 is 1.74. The van der Waals surface area contributed by atoms with Gasteiger partial charge >= 0.3 is 5.97 Å². The second kappa shape index (κ2) is 8.08. The number of hydrogen-bond donors (Lipinski definition) is 2. The van der Waals surface area contributed by atoms with Crippen LogP contribution in [0.15, 0.2) is 0 Å². The van der Waals surface area contributed by atoms with Crippen molar-refractivity contribution in [1.29, 1.82) is 0 Å². The van der Waals surface area contributed by atoms with Crippen molar-refractivity contribution < 1.29 is 18.3 Å². The molecule has 1 atom stereocenters. The second-order valence-corrected chi connectivity index (χ2v) is 7.38. The molecule has 112 valence electrons. The quantitative estimate of drug-likeness (QED) is 0.646. The Morgan fingerprint density at radius 2 is 2.21 bits per heavy atom. The molecule has 19 heavy (non-hydrogen) atoms. The molecule has 0 amide bonds. The Kier molecular flexibility index (Phi) is 7.12. The van der Waals surface area contributed by atoms with E-state index in [0.717, 1.165) is 18.6 Å². The van der Waals surface area contributed by atoms with Crippen molar-refractivity contribution in [2.45, 2.75) is 25.7 Å². The van der Waals surface area contributed by atoms with Gasteiger partial charge in [0.05, 0.1) is 5.92 Å². The molecule has 0 aliphatic carbocycles. The molecule has 2 N–H and O–H groups in total. The molecule has 1 aliphatic heterocycles. The lowest BCUT2D eigenvalue weighted by Crippen LogP contribution is -2.47. The van der Waals surface area contributed by atoms with Gasteiger partial charge in [0.25, 0.3) is 10.2 Å². The average molecular weight is 310 g/mol. The number of thioether (sulfide) groups is 1. The van der Waals surface area contributed by atoms with Gasteiger partial charge in [0.1, 0.15) is 0 Å². The Bertz CT molecular complexity index is 386. The smallest absolute Gasteiger partial charge is 0.307 e. The van der Waals surface area contributed by atoms with Crippen LogP contribution in [0, 0.1) is 5.92 Å². The van der Waals surface area contributed by atoms with Crippen molar-refractivity contribution in [3.63, 3.8) is 0 Å². The first kappa shape index (κ1) is 16.7. The number of nitrogens with zero attached hydrogens (tertiary/aromatic N) is 1. The fraction of sp³-hybridized carbons (Fsp3) is 0.909. The van der Waals surface area contributed by atoms with Gasteiger partial charge in [0.15, 0.2) is 0 Å². The summed E-state index contributed by atoms with van der Waals surface area (Å²) in [7, 11) is -3.52. The molecule has 1 saturated heterocycles. The highest BCUT2D eigenvalue weighted by Crippen LogP contribution is 2.18. The third kappa shape index (κ3) is 5.68. The van der Waals surface area contributed by atoms with E-state index in [-0.39, 0.29) is 6.54 Å². The van der Waals surface area contributed by atoms with Gasteiger partial charge in [-0.05, 0) is 37.7 Å². The Labute approximate surface area is 119 Å². The Hall–Kier alpha value is -0.310. The number of carboxylic acid groups (broad SMARTS) is 1. The van der Waals surface area contributed by atoms with E-state index in [1.165, 1.54) is 4.31 Å². The topological polar surface area (TPSA) is 86.7 Å². The summed E-state index contributed by atoms with van der Waals surface area (Å²) < 4.78 is 27.8. The molecule has 8 heteroatoms. The van der Waals surface area contributed by atoms with E-state index >= 15 is 0 Å². The Morgan fingerprint density at radius 3 is 2.84 bits per heavy atom. The van der Waals surface area contributed by atoms with Crippen LogP contribution in [0.4, 0.5) is 0 Å². The summed E-state index contributed by atoms with van der Waals surface area (Å²) in [6, 6.07) is 0. The molecule has 1 rings (SSSR count). The van der Waals surface area contributed by atoms with Gasteiger partial charge in [0.2, 0.25) is 0 Å². The first-order chi connectivity index (χ1) is 8.97. The largest absolute Gasteiger partial charge is 0.481 e. The van der Waals surface area contributed by atoms with Crippen LogP contribution in [-0.4, -0.2) is 55.4 Å². The maximum Gasteiger partial charge on any atom is 0.307 e. The van der Waals surface area contributed by atoms with Gasteiger partial charge in [0, 0.05) is 19.6 Å². The fourth-order valence-electron chi connectivity index (χ4n) is 2.03. The maximum absolute atomic E-state index is 12.0. The van der Waals surface area contributed by atoms with E-state index in [4.69, 9.17) is 5.11 Å². The van der Waals surface area contributed by atoms with E-state index in [1.807, 2.05) is 6.26 Å². The molecular weight excluding hydrogens is 288 g/mol. The van der Waals surface area contributed by atoms with Crippen molar-refractivity contribution in [3.8, 4) is 0 Å². The van der Waals surface area contributed by atoms with Gasteiger partial charge in [-0.3, -0.25) is 4.79 Å². The van der Waals surface area contributed by atoms with Crippen LogP contribution in [0.25, 0.3) is 0 Å². The summed E-state index contributed by atoms with van der Waals surface area (Å²) in [5, 5.41) is 8.95.